The van der Waals surface area contributed by atoms with Gasteiger partial charge in [0.15, 0.2) is 0 Å². The van der Waals surface area contributed by atoms with Gasteiger partial charge in [0.05, 0.1) is 12.4 Å². The smallest absolute Gasteiger partial charge is 0.209 e. The molecule has 1 heterocycles. The molecule has 96 valence electrons. The first-order valence-corrected chi connectivity index (χ1v) is 7.25. The number of nitrogens with zero attached hydrogens (tertiary/aromatic N) is 1. The lowest BCUT2D eigenvalue weighted by Crippen LogP contribution is -2.18. The van der Waals surface area contributed by atoms with Crippen LogP contribution in [0.25, 0.3) is 10.9 Å². The summed E-state index contributed by atoms with van der Waals surface area (Å²) in [7, 11) is -3.42. The molecule has 0 aliphatic rings. The fraction of sp³-hybridized carbons (Fsp3) is 0.250. The molecule has 0 fully saturated rings. The van der Waals surface area contributed by atoms with Crippen molar-refractivity contribution in [2.75, 3.05) is 12.4 Å². The van der Waals surface area contributed by atoms with Crippen LogP contribution in [0.15, 0.2) is 36.5 Å². The van der Waals surface area contributed by atoms with Gasteiger partial charge in [-0.1, -0.05) is 18.2 Å². The van der Waals surface area contributed by atoms with E-state index < -0.39 is 10.0 Å². The lowest BCUT2D eigenvalue weighted by Gasteiger charge is -2.07. The van der Waals surface area contributed by atoms with Crippen LogP contribution >= 0.6 is 0 Å². The van der Waals surface area contributed by atoms with Gasteiger partial charge in [0.25, 0.3) is 0 Å². The Kier molecular flexibility index (Phi) is 3.78. The number of fused-ring (bicyclic) bond motifs is 1. The molecule has 0 spiro atoms. The number of hydrogen-bond donors (Lipinski definition) is 1. The molecule has 0 unspecified atom stereocenters. The molecule has 5 nitrogen and oxygen atoms in total. The molecule has 0 radical (unpaired) electrons. The van der Waals surface area contributed by atoms with E-state index >= 15 is 0 Å². The molecule has 2 aromatic rings. The summed E-state index contributed by atoms with van der Waals surface area (Å²) in [6, 6.07) is 9.43. The predicted octanol–water partition coefficient (Wildman–Crippen LogP) is 1.29. The van der Waals surface area contributed by atoms with Gasteiger partial charge in [-0.3, -0.25) is 4.98 Å². The third-order valence-electron chi connectivity index (χ3n) is 2.43. The number of nitrogens with two attached hydrogens (primary N) is 1. The highest BCUT2D eigenvalue weighted by Crippen LogP contribution is 2.22. The van der Waals surface area contributed by atoms with Gasteiger partial charge in [0.2, 0.25) is 10.0 Å². The molecular formula is C12H14N2O3S. The maximum Gasteiger partial charge on any atom is 0.209 e. The van der Waals surface area contributed by atoms with E-state index in [9.17, 15) is 8.42 Å². The standard InChI is InChI=1S/C12H14N2O3S/c13-18(15,16)9-3-8-17-11-6-1-4-10-5-2-7-14-12(10)11/h1-2,4-7H,3,8-9H2,(H2,13,15,16). The van der Waals surface area contributed by atoms with Crippen LogP contribution in [-0.2, 0) is 10.0 Å². The van der Waals surface area contributed by atoms with Crippen molar-refractivity contribution in [1.82, 2.24) is 4.98 Å². The molecular weight excluding hydrogens is 252 g/mol. The van der Waals surface area contributed by atoms with Crippen LogP contribution in [-0.4, -0.2) is 25.8 Å². The summed E-state index contributed by atoms with van der Waals surface area (Å²) in [4.78, 5) is 4.24. The first kappa shape index (κ1) is 12.8. The molecule has 0 amide bonds. The molecule has 18 heavy (non-hydrogen) atoms. The molecule has 0 saturated carbocycles. The molecule has 6 heteroatoms. The van der Waals surface area contributed by atoms with E-state index in [4.69, 9.17) is 9.88 Å². The fourth-order valence-electron chi connectivity index (χ4n) is 1.63. The minimum Gasteiger partial charge on any atom is -0.491 e. The van der Waals surface area contributed by atoms with Gasteiger partial charge < -0.3 is 4.74 Å². The van der Waals surface area contributed by atoms with E-state index in [0.29, 0.717) is 18.8 Å². The molecule has 2 rings (SSSR count). The number of para-hydroxylation sites is 1. The van der Waals surface area contributed by atoms with Crippen LogP contribution in [0.1, 0.15) is 6.42 Å². The second kappa shape index (κ2) is 5.32. The summed E-state index contributed by atoms with van der Waals surface area (Å²) in [5.74, 6) is 0.577. The third-order valence-corrected chi connectivity index (χ3v) is 3.28. The van der Waals surface area contributed by atoms with E-state index in [1.165, 1.54) is 0 Å². The first-order chi connectivity index (χ1) is 8.56. The number of sulfonamides is 1. The van der Waals surface area contributed by atoms with E-state index in [-0.39, 0.29) is 5.75 Å². The monoisotopic (exact) mass is 266 g/mol. The average molecular weight is 266 g/mol. The van der Waals surface area contributed by atoms with Gasteiger partial charge in [-0.2, -0.15) is 0 Å². The molecule has 0 aliphatic carbocycles. The fourth-order valence-corrected chi connectivity index (χ4v) is 2.16. The van der Waals surface area contributed by atoms with E-state index in [1.54, 1.807) is 6.20 Å². The van der Waals surface area contributed by atoms with E-state index in [0.717, 1.165) is 10.9 Å². The van der Waals surface area contributed by atoms with Crippen molar-refractivity contribution >= 4 is 20.9 Å². The van der Waals surface area contributed by atoms with Gasteiger partial charge in [0, 0.05) is 11.6 Å². The van der Waals surface area contributed by atoms with Crippen LogP contribution in [0.5, 0.6) is 5.75 Å². The van der Waals surface area contributed by atoms with Crippen molar-refractivity contribution in [2.45, 2.75) is 6.42 Å². The molecule has 1 aromatic heterocycles. The van der Waals surface area contributed by atoms with Crippen molar-refractivity contribution in [3.8, 4) is 5.75 Å². The van der Waals surface area contributed by atoms with Crippen LogP contribution in [0.3, 0.4) is 0 Å². The summed E-state index contributed by atoms with van der Waals surface area (Å²) >= 11 is 0. The molecule has 0 saturated heterocycles. The normalized spacial score (nSPS) is 11.6. The first-order valence-electron chi connectivity index (χ1n) is 5.53. The SMILES string of the molecule is NS(=O)(=O)CCCOc1cccc2cccnc12. The third kappa shape index (κ3) is 3.41. The maximum absolute atomic E-state index is 10.8. The Bertz CT molecular complexity index is 635. The Morgan fingerprint density at radius 1 is 1.22 bits per heavy atom. The number of rotatable bonds is 5. The summed E-state index contributed by atoms with van der Waals surface area (Å²) in [6.07, 6.45) is 2.06. The zero-order valence-corrected chi connectivity index (χ0v) is 10.6. The topological polar surface area (TPSA) is 82.3 Å². The Hall–Kier alpha value is -1.66. The number of aromatic nitrogens is 1. The van der Waals surface area contributed by atoms with Crippen molar-refractivity contribution in [3.05, 3.63) is 36.5 Å². The minimum atomic E-state index is -3.42. The summed E-state index contributed by atoms with van der Waals surface area (Å²) in [6.45, 7) is 0.298. The van der Waals surface area contributed by atoms with Gasteiger partial charge in [-0.25, -0.2) is 13.6 Å². The summed E-state index contributed by atoms with van der Waals surface area (Å²) < 4.78 is 27.1. The minimum absolute atomic E-state index is 0.0782. The highest BCUT2D eigenvalue weighted by molar-refractivity contribution is 7.89. The van der Waals surface area contributed by atoms with Gasteiger partial charge in [-0.05, 0) is 18.6 Å². The Balaban J connectivity index is 2.04. The van der Waals surface area contributed by atoms with Crippen LogP contribution in [0, 0.1) is 0 Å². The van der Waals surface area contributed by atoms with E-state index in [1.807, 2.05) is 30.3 Å². The molecule has 0 atom stereocenters. The number of primary sulfonamides is 1. The van der Waals surface area contributed by atoms with Crippen molar-refractivity contribution in [1.29, 1.82) is 0 Å². The van der Waals surface area contributed by atoms with Crippen molar-refractivity contribution in [2.24, 2.45) is 5.14 Å². The number of ether oxygens (including phenoxy) is 1. The molecule has 1 aromatic carbocycles. The maximum atomic E-state index is 10.8. The lowest BCUT2D eigenvalue weighted by atomic mass is 10.2. The predicted molar refractivity (Wildman–Crippen MR) is 69.8 cm³/mol. The largest absolute Gasteiger partial charge is 0.491 e. The van der Waals surface area contributed by atoms with Crippen molar-refractivity contribution in [3.63, 3.8) is 0 Å². The van der Waals surface area contributed by atoms with Crippen LogP contribution in [0.2, 0.25) is 0 Å². The Labute approximate surface area is 106 Å². The summed E-state index contributed by atoms with van der Waals surface area (Å²) in [5, 5.41) is 5.90. The second-order valence-electron chi connectivity index (χ2n) is 3.90. The van der Waals surface area contributed by atoms with Crippen LogP contribution < -0.4 is 9.88 Å². The molecule has 0 bridgehead atoms. The highest BCUT2D eigenvalue weighted by Gasteiger charge is 2.05. The summed E-state index contributed by atoms with van der Waals surface area (Å²) in [5.41, 5.74) is 0.774. The van der Waals surface area contributed by atoms with Crippen molar-refractivity contribution < 1.29 is 13.2 Å². The zero-order chi connectivity index (χ0) is 13.0. The molecule has 2 N–H and O–H groups in total. The highest BCUT2D eigenvalue weighted by atomic mass is 32.2. The Morgan fingerprint density at radius 3 is 2.78 bits per heavy atom. The number of pyridine rings is 1. The van der Waals surface area contributed by atoms with Crippen LogP contribution in [0.4, 0.5) is 0 Å². The number of hydrogen-bond acceptors (Lipinski definition) is 4. The average Bonchev–Trinajstić information content (AvgIpc) is 2.33. The number of benzene rings is 1. The Morgan fingerprint density at radius 2 is 2.00 bits per heavy atom. The van der Waals surface area contributed by atoms with Gasteiger partial charge >= 0.3 is 0 Å². The zero-order valence-electron chi connectivity index (χ0n) is 9.74. The lowest BCUT2D eigenvalue weighted by molar-refractivity contribution is 0.321. The van der Waals surface area contributed by atoms with E-state index in [2.05, 4.69) is 4.98 Å². The quantitative estimate of drug-likeness (QED) is 0.827. The molecule has 0 aliphatic heterocycles. The second-order valence-corrected chi connectivity index (χ2v) is 5.63. The van der Waals surface area contributed by atoms with Gasteiger partial charge in [0.1, 0.15) is 11.3 Å². The van der Waals surface area contributed by atoms with Gasteiger partial charge in [-0.15, -0.1) is 0 Å².